The van der Waals surface area contributed by atoms with Crippen LogP contribution in [0.3, 0.4) is 0 Å². The minimum Gasteiger partial charge on any atom is -0.349 e. The molecule has 0 spiro atoms. The van der Waals surface area contributed by atoms with E-state index in [-0.39, 0.29) is 17.7 Å². The van der Waals surface area contributed by atoms with Gasteiger partial charge in [-0.25, -0.2) is 8.42 Å². The molecule has 4 rings (SSSR count). The van der Waals surface area contributed by atoms with Crippen molar-refractivity contribution in [3.63, 3.8) is 0 Å². The van der Waals surface area contributed by atoms with Crippen LogP contribution in [0, 0.1) is 0 Å². The number of fused-ring (bicyclic) bond motifs is 3. The predicted molar refractivity (Wildman–Crippen MR) is 99.6 cm³/mol. The van der Waals surface area contributed by atoms with Gasteiger partial charge >= 0.3 is 0 Å². The summed E-state index contributed by atoms with van der Waals surface area (Å²) in [5.41, 5.74) is 1.47. The van der Waals surface area contributed by atoms with Crippen molar-refractivity contribution in [3.8, 4) is 10.4 Å². The van der Waals surface area contributed by atoms with Gasteiger partial charge in [0.2, 0.25) is 0 Å². The molecule has 6 heteroatoms. The quantitative estimate of drug-likeness (QED) is 0.802. The van der Waals surface area contributed by atoms with Crippen molar-refractivity contribution in [3.05, 3.63) is 40.8 Å². The van der Waals surface area contributed by atoms with Gasteiger partial charge in [0.1, 0.15) is 0 Å². The Morgan fingerprint density at radius 1 is 1.08 bits per heavy atom. The smallest absolute Gasteiger partial charge is 0.261 e. The fourth-order valence-electron chi connectivity index (χ4n) is 3.76. The fourth-order valence-corrected chi connectivity index (χ4v) is 6.63. The van der Waals surface area contributed by atoms with E-state index in [4.69, 9.17) is 0 Å². The molecule has 1 saturated carbocycles. The first-order chi connectivity index (χ1) is 12.0. The summed E-state index contributed by atoms with van der Waals surface area (Å²) < 4.78 is 24.9. The zero-order valence-electron chi connectivity index (χ0n) is 14.0. The van der Waals surface area contributed by atoms with Crippen molar-refractivity contribution >= 4 is 27.1 Å². The largest absolute Gasteiger partial charge is 0.349 e. The second-order valence-electron chi connectivity index (χ2n) is 6.88. The molecule has 1 aromatic carbocycles. The van der Waals surface area contributed by atoms with Crippen molar-refractivity contribution in [1.29, 1.82) is 0 Å². The average molecular weight is 376 g/mol. The number of benzene rings is 1. The van der Waals surface area contributed by atoms with E-state index in [0.717, 1.165) is 41.7 Å². The van der Waals surface area contributed by atoms with Crippen LogP contribution in [-0.2, 0) is 15.6 Å². The van der Waals surface area contributed by atoms with Gasteiger partial charge < -0.3 is 5.32 Å². The van der Waals surface area contributed by atoms with Gasteiger partial charge in [-0.1, -0.05) is 43.9 Å². The molecule has 1 N–H and O–H groups in total. The summed E-state index contributed by atoms with van der Waals surface area (Å²) in [4.78, 5) is 14.6. The van der Waals surface area contributed by atoms with Crippen LogP contribution in [-0.4, -0.2) is 20.4 Å². The van der Waals surface area contributed by atoms with E-state index in [0.29, 0.717) is 9.77 Å². The highest BCUT2D eigenvalue weighted by Gasteiger charge is 2.30. The first-order valence-corrected chi connectivity index (χ1v) is 11.3. The van der Waals surface area contributed by atoms with E-state index < -0.39 is 9.84 Å². The average Bonchev–Trinajstić information content (AvgIpc) is 2.84. The summed E-state index contributed by atoms with van der Waals surface area (Å²) in [6.45, 7) is 0. The van der Waals surface area contributed by atoms with Crippen LogP contribution in [0.15, 0.2) is 35.2 Å². The highest BCUT2D eigenvalue weighted by molar-refractivity contribution is 7.91. The van der Waals surface area contributed by atoms with Crippen LogP contribution < -0.4 is 5.32 Å². The van der Waals surface area contributed by atoms with Gasteiger partial charge in [0.05, 0.1) is 15.5 Å². The number of sulfone groups is 1. The Morgan fingerprint density at radius 3 is 2.56 bits per heavy atom. The third-order valence-corrected chi connectivity index (χ3v) is 7.96. The third-order valence-electron chi connectivity index (χ3n) is 5.04. The number of hydrogen-bond donors (Lipinski definition) is 1. The molecule has 132 valence electrons. The van der Waals surface area contributed by atoms with Crippen molar-refractivity contribution in [1.82, 2.24) is 5.32 Å². The molecule has 0 unspecified atom stereocenters. The maximum atomic E-state index is 12.7. The zero-order chi connectivity index (χ0) is 17.4. The molecule has 1 aliphatic carbocycles. The zero-order valence-corrected chi connectivity index (χ0v) is 15.6. The standard InChI is InChI=1S/C19H21NO3S2/c21-19(20-14-7-3-1-2-4-8-14)16-11-13-12-25(22,23)17-10-6-5-9-15(17)18(13)24-16/h5-6,9-11,14H,1-4,7-8,12H2,(H,20,21). The van der Waals surface area contributed by atoms with Crippen LogP contribution in [0.1, 0.15) is 53.8 Å². The topological polar surface area (TPSA) is 63.2 Å². The van der Waals surface area contributed by atoms with Gasteiger partial charge in [0.25, 0.3) is 5.91 Å². The Labute approximate surface area is 152 Å². The van der Waals surface area contributed by atoms with Crippen molar-refractivity contribution in [2.45, 2.75) is 55.2 Å². The lowest BCUT2D eigenvalue weighted by Crippen LogP contribution is -2.33. The van der Waals surface area contributed by atoms with Crippen LogP contribution in [0.5, 0.6) is 0 Å². The molecule has 2 aromatic rings. The number of rotatable bonds is 2. The Morgan fingerprint density at radius 2 is 1.80 bits per heavy atom. The number of thiophene rings is 1. The fraction of sp³-hybridized carbons (Fsp3) is 0.421. The predicted octanol–water partition coefficient (Wildman–Crippen LogP) is 4.16. The third kappa shape index (κ3) is 3.25. The van der Waals surface area contributed by atoms with Crippen LogP contribution in [0.25, 0.3) is 10.4 Å². The van der Waals surface area contributed by atoms with Gasteiger partial charge in [-0.05, 0) is 30.5 Å². The Bertz CT molecular complexity index is 907. The second kappa shape index (κ2) is 6.57. The van der Waals surface area contributed by atoms with E-state index in [1.54, 1.807) is 18.2 Å². The molecule has 0 atom stereocenters. The van der Waals surface area contributed by atoms with Gasteiger partial charge in [-0.2, -0.15) is 0 Å². The molecule has 1 fully saturated rings. The van der Waals surface area contributed by atoms with Crippen molar-refractivity contribution < 1.29 is 13.2 Å². The first-order valence-electron chi connectivity index (χ1n) is 8.80. The van der Waals surface area contributed by atoms with Crippen LogP contribution in [0.4, 0.5) is 0 Å². The summed E-state index contributed by atoms with van der Waals surface area (Å²) in [6, 6.07) is 9.07. The summed E-state index contributed by atoms with van der Waals surface area (Å²) in [7, 11) is -3.32. The normalized spacial score (nSPS) is 19.5. The van der Waals surface area contributed by atoms with Gasteiger partial charge in [0.15, 0.2) is 9.84 Å². The molecule has 1 aliphatic heterocycles. The minimum atomic E-state index is -3.32. The first kappa shape index (κ1) is 16.8. The monoisotopic (exact) mass is 375 g/mol. The maximum absolute atomic E-state index is 12.7. The second-order valence-corrected chi connectivity index (χ2v) is 9.89. The Balaban J connectivity index is 1.63. The number of nitrogens with one attached hydrogen (secondary N) is 1. The Kier molecular flexibility index (Phi) is 4.41. The van der Waals surface area contributed by atoms with E-state index in [1.807, 2.05) is 12.1 Å². The molecule has 25 heavy (non-hydrogen) atoms. The molecule has 0 radical (unpaired) electrons. The lowest BCUT2D eigenvalue weighted by molar-refractivity contribution is 0.0937. The summed E-state index contributed by atoms with van der Waals surface area (Å²) >= 11 is 1.40. The van der Waals surface area contributed by atoms with E-state index in [9.17, 15) is 13.2 Å². The minimum absolute atomic E-state index is 0.0213. The summed E-state index contributed by atoms with van der Waals surface area (Å²) in [6.07, 6.45) is 6.89. The number of amides is 1. The molecule has 2 heterocycles. The number of carbonyl (C=O) groups excluding carboxylic acids is 1. The van der Waals surface area contributed by atoms with E-state index in [1.165, 1.54) is 24.2 Å². The molecule has 1 aromatic heterocycles. The molecule has 4 nitrogen and oxygen atoms in total. The summed E-state index contributed by atoms with van der Waals surface area (Å²) in [5.74, 6) is -0.0896. The van der Waals surface area contributed by atoms with Gasteiger partial charge in [0, 0.05) is 16.5 Å². The number of hydrogen-bond acceptors (Lipinski definition) is 4. The van der Waals surface area contributed by atoms with Gasteiger partial charge in [-0.15, -0.1) is 11.3 Å². The van der Waals surface area contributed by atoms with Crippen LogP contribution >= 0.6 is 11.3 Å². The van der Waals surface area contributed by atoms with Crippen molar-refractivity contribution in [2.75, 3.05) is 0 Å². The molecule has 0 bridgehead atoms. The SMILES string of the molecule is O=C(NC1CCCCCC1)c1cc2c(s1)-c1ccccc1S(=O)(=O)C2. The molecular formula is C19H21NO3S2. The maximum Gasteiger partial charge on any atom is 0.261 e. The van der Waals surface area contributed by atoms with E-state index in [2.05, 4.69) is 5.32 Å². The highest BCUT2D eigenvalue weighted by Crippen LogP contribution is 2.42. The van der Waals surface area contributed by atoms with Gasteiger partial charge in [-0.3, -0.25) is 4.79 Å². The molecule has 1 amide bonds. The molecule has 2 aliphatic rings. The van der Waals surface area contributed by atoms with E-state index >= 15 is 0 Å². The lowest BCUT2D eigenvalue weighted by Gasteiger charge is -2.16. The lowest BCUT2D eigenvalue weighted by atomic mass is 10.1. The number of carbonyl (C=O) groups is 1. The van der Waals surface area contributed by atoms with Crippen LogP contribution in [0.2, 0.25) is 0 Å². The Hall–Kier alpha value is -1.66. The summed E-state index contributed by atoms with van der Waals surface area (Å²) in [5, 5.41) is 3.15. The molecule has 0 saturated heterocycles. The van der Waals surface area contributed by atoms with Crippen molar-refractivity contribution in [2.24, 2.45) is 0 Å². The highest BCUT2D eigenvalue weighted by atomic mass is 32.2. The molecular weight excluding hydrogens is 354 g/mol.